The number of para-hydroxylation sites is 1. The fraction of sp³-hybridized carbons (Fsp3) is 0.273. The molecule has 3 aromatic rings. The lowest BCUT2D eigenvalue weighted by Gasteiger charge is -2.32. The molecule has 0 amide bonds. The van der Waals surface area contributed by atoms with Gasteiger partial charge in [0.2, 0.25) is 10.0 Å². The molecule has 0 radical (unpaired) electrons. The lowest BCUT2D eigenvalue weighted by Crippen LogP contribution is -2.44. The van der Waals surface area contributed by atoms with Gasteiger partial charge in [0.15, 0.2) is 0 Å². The standard InChI is InChI=1S/C22H23N3O5S/c1-16-14-25(22(27)23-21(16)26)17-7-6-12-24(15-17)31(28,29)20-11-5-10-19(13-20)30-18-8-3-2-4-9-18/h2-5,8-11,13-14,17H,6-7,12,15H2,1H3,(H,23,26,27)/t17-/m0/s1. The maximum Gasteiger partial charge on any atom is 0.328 e. The Bertz CT molecular complexity index is 1300. The number of rotatable bonds is 5. The van der Waals surface area contributed by atoms with Crippen molar-refractivity contribution in [2.45, 2.75) is 30.7 Å². The summed E-state index contributed by atoms with van der Waals surface area (Å²) in [5.74, 6) is 1.04. The molecule has 0 unspecified atom stereocenters. The van der Waals surface area contributed by atoms with E-state index in [1.165, 1.54) is 27.2 Å². The van der Waals surface area contributed by atoms with Crippen LogP contribution in [-0.2, 0) is 10.0 Å². The zero-order valence-electron chi connectivity index (χ0n) is 17.0. The van der Waals surface area contributed by atoms with Gasteiger partial charge in [-0.15, -0.1) is 0 Å². The molecule has 1 aliphatic rings. The molecule has 0 bridgehead atoms. The van der Waals surface area contributed by atoms with Crippen molar-refractivity contribution in [2.24, 2.45) is 0 Å². The number of benzene rings is 2. The molecule has 162 valence electrons. The first kappa shape index (κ1) is 21.1. The number of H-pyrrole nitrogens is 1. The van der Waals surface area contributed by atoms with Gasteiger partial charge in [-0.1, -0.05) is 24.3 Å². The molecular weight excluding hydrogens is 418 g/mol. The smallest absolute Gasteiger partial charge is 0.328 e. The topological polar surface area (TPSA) is 101 Å². The maximum atomic E-state index is 13.3. The Kier molecular flexibility index (Phi) is 5.79. The van der Waals surface area contributed by atoms with Crippen molar-refractivity contribution in [3.63, 3.8) is 0 Å². The van der Waals surface area contributed by atoms with Crippen LogP contribution in [0.2, 0.25) is 0 Å². The summed E-state index contributed by atoms with van der Waals surface area (Å²) in [4.78, 5) is 26.3. The minimum Gasteiger partial charge on any atom is -0.457 e. The molecule has 2 aromatic carbocycles. The molecule has 0 aliphatic carbocycles. The molecule has 8 nitrogen and oxygen atoms in total. The van der Waals surface area contributed by atoms with Crippen LogP contribution < -0.4 is 16.0 Å². The van der Waals surface area contributed by atoms with Gasteiger partial charge >= 0.3 is 5.69 Å². The molecule has 1 aliphatic heterocycles. The lowest BCUT2D eigenvalue weighted by molar-refractivity contribution is 0.260. The molecule has 9 heteroatoms. The highest BCUT2D eigenvalue weighted by Gasteiger charge is 2.31. The third kappa shape index (κ3) is 4.47. The van der Waals surface area contributed by atoms with E-state index < -0.39 is 21.3 Å². The molecule has 1 fully saturated rings. The minimum atomic E-state index is -3.78. The van der Waals surface area contributed by atoms with Crippen molar-refractivity contribution in [1.29, 1.82) is 0 Å². The van der Waals surface area contributed by atoms with Crippen LogP contribution in [0.3, 0.4) is 0 Å². The number of nitrogens with one attached hydrogen (secondary N) is 1. The summed E-state index contributed by atoms with van der Waals surface area (Å²) in [6.07, 6.45) is 2.75. The average molecular weight is 442 g/mol. The first-order valence-electron chi connectivity index (χ1n) is 10.00. The van der Waals surface area contributed by atoms with Gasteiger partial charge in [-0.25, -0.2) is 13.2 Å². The first-order chi connectivity index (χ1) is 14.8. The highest BCUT2D eigenvalue weighted by molar-refractivity contribution is 7.89. The van der Waals surface area contributed by atoms with Gasteiger partial charge in [0.05, 0.1) is 10.9 Å². The number of nitrogens with zero attached hydrogens (tertiary/aromatic N) is 2. The van der Waals surface area contributed by atoms with Crippen LogP contribution in [0, 0.1) is 6.92 Å². The Labute approximate surface area is 179 Å². The largest absolute Gasteiger partial charge is 0.457 e. The van der Waals surface area contributed by atoms with E-state index in [0.29, 0.717) is 36.4 Å². The Balaban J connectivity index is 1.59. The second kappa shape index (κ2) is 8.52. The number of aromatic amines is 1. The minimum absolute atomic E-state index is 0.131. The number of aryl methyl sites for hydroxylation is 1. The zero-order valence-corrected chi connectivity index (χ0v) is 17.8. The molecule has 1 atom stereocenters. The van der Waals surface area contributed by atoms with Crippen LogP contribution in [-0.4, -0.2) is 35.4 Å². The molecule has 0 spiro atoms. The van der Waals surface area contributed by atoms with E-state index in [1.807, 2.05) is 18.2 Å². The van der Waals surface area contributed by atoms with Crippen LogP contribution in [0.5, 0.6) is 11.5 Å². The molecule has 2 heterocycles. The number of piperidine rings is 1. The van der Waals surface area contributed by atoms with Crippen molar-refractivity contribution < 1.29 is 13.2 Å². The fourth-order valence-electron chi connectivity index (χ4n) is 3.70. The van der Waals surface area contributed by atoms with E-state index in [1.54, 1.807) is 31.2 Å². The van der Waals surface area contributed by atoms with Gasteiger partial charge in [-0.2, -0.15) is 4.31 Å². The highest BCUT2D eigenvalue weighted by Crippen LogP contribution is 2.29. The Morgan fingerprint density at radius 3 is 2.55 bits per heavy atom. The van der Waals surface area contributed by atoms with E-state index in [4.69, 9.17) is 4.74 Å². The van der Waals surface area contributed by atoms with Gasteiger partial charge in [-0.3, -0.25) is 14.3 Å². The summed E-state index contributed by atoms with van der Waals surface area (Å²) in [6, 6.07) is 15.2. The van der Waals surface area contributed by atoms with Crippen LogP contribution in [0.4, 0.5) is 0 Å². The Morgan fingerprint density at radius 1 is 1.03 bits per heavy atom. The number of sulfonamides is 1. The van der Waals surface area contributed by atoms with Crippen molar-refractivity contribution >= 4 is 10.0 Å². The zero-order chi connectivity index (χ0) is 22.0. The van der Waals surface area contributed by atoms with Crippen LogP contribution in [0.1, 0.15) is 24.4 Å². The second-order valence-electron chi connectivity index (χ2n) is 7.53. The van der Waals surface area contributed by atoms with Gasteiger partial charge in [0.1, 0.15) is 11.5 Å². The van der Waals surface area contributed by atoms with Gasteiger partial charge in [0.25, 0.3) is 5.56 Å². The Hall–Kier alpha value is -3.17. The number of hydrogen-bond donors (Lipinski definition) is 1. The lowest BCUT2D eigenvalue weighted by atomic mass is 10.1. The Morgan fingerprint density at radius 2 is 1.77 bits per heavy atom. The van der Waals surface area contributed by atoms with Crippen LogP contribution in [0.15, 0.2) is 75.3 Å². The third-order valence-corrected chi connectivity index (χ3v) is 7.18. The molecule has 1 saturated heterocycles. The van der Waals surface area contributed by atoms with Gasteiger partial charge in [0, 0.05) is 30.9 Å². The number of aromatic nitrogens is 2. The van der Waals surface area contributed by atoms with E-state index >= 15 is 0 Å². The molecular formula is C22H23N3O5S. The molecule has 4 rings (SSSR count). The van der Waals surface area contributed by atoms with E-state index in [9.17, 15) is 18.0 Å². The quantitative estimate of drug-likeness (QED) is 0.656. The van der Waals surface area contributed by atoms with Crippen molar-refractivity contribution in [3.8, 4) is 11.5 Å². The average Bonchev–Trinajstić information content (AvgIpc) is 2.77. The van der Waals surface area contributed by atoms with E-state index in [0.717, 1.165) is 0 Å². The molecule has 1 N–H and O–H groups in total. The summed E-state index contributed by atoms with van der Waals surface area (Å²) in [5.41, 5.74) is -0.555. The maximum absolute atomic E-state index is 13.3. The molecule has 1 aromatic heterocycles. The summed E-state index contributed by atoms with van der Waals surface area (Å²) in [7, 11) is -3.78. The summed E-state index contributed by atoms with van der Waals surface area (Å²) >= 11 is 0. The predicted octanol–water partition coefficient (Wildman–Crippen LogP) is 2.66. The number of ether oxygens (including phenoxy) is 1. The molecule has 0 saturated carbocycles. The second-order valence-corrected chi connectivity index (χ2v) is 9.47. The van der Waals surface area contributed by atoms with E-state index in [2.05, 4.69) is 4.98 Å². The van der Waals surface area contributed by atoms with Gasteiger partial charge < -0.3 is 4.74 Å². The predicted molar refractivity (Wildman–Crippen MR) is 116 cm³/mol. The molecule has 31 heavy (non-hydrogen) atoms. The summed E-state index contributed by atoms with van der Waals surface area (Å²) < 4.78 is 35.2. The fourth-order valence-corrected chi connectivity index (χ4v) is 5.25. The van der Waals surface area contributed by atoms with Crippen molar-refractivity contribution in [1.82, 2.24) is 13.9 Å². The first-order valence-corrected chi connectivity index (χ1v) is 11.4. The van der Waals surface area contributed by atoms with Crippen LogP contribution in [0.25, 0.3) is 0 Å². The van der Waals surface area contributed by atoms with Crippen molar-refractivity contribution in [2.75, 3.05) is 13.1 Å². The monoisotopic (exact) mass is 441 g/mol. The summed E-state index contributed by atoms with van der Waals surface area (Å²) in [5, 5.41) is 0. The highest BCUT2D eigenvalue weighted by atomic mass is 32.2. The normalized spacial score (nSPS) is 17.4. The van der Waals surface area contributed by atoms with Gasteiger partial charge in [-0.05, 0) is 44.0 Å². The third-order valence-electron chi connectivity index (χ3n) is 5.32. The van der Waals surface area contributed by atoms with E-state index in [-0.39, 0.29) is 17.5 Å². The SMILES string of the molecule is Cc1cn([C@H]2CCCN(S(=O)(=O)c3cccc(Oc4ccccc4)c3)C2)c(=O)[nH]c1=O. The van der Waals surface area contributed by atoms with Crippen molar-refractivity contribution in [3.05, 3.63) is 87.2 Å². The number of hydrogen-bond acceptors (Lipinski definition) is 5. The van der Waals surface area contributed by atoms with Crippen LogP contribution >= 0.6 is 0 Å². The summed E-state index contributed by atoms with van der Waals surface area (Å²) in [6.45, 7) is 2.13.